The fraction of sp³-hybridized carbons (Fsp3) is 0.533. The van der Waals surface area contributed by atoms with Crippen molar-refractivity contribution in [1.29, 1.82) is 0 Å². The predicted molar refractivity (Wildman–Crippen MR) is 77.1 cm³/mol. The number of amides is 2. The molecule has 6 heteroatoms. The fourth-order valence-corrected chi connectivity index (χ4v) is 3.08. The van der Waals surface area contributed by atoms with Crippen molar-refractivity contribution in [2.24, 2.45) is 5.92 Å². The van der Waals surface area contributed by atoms with Crippen molar-refractivity contribution in [2.75, 3.05) is 19.6 Å². The first-order valence-electron chi connectivity index (χ1n) is 7.35. The van der Waals surface area contributed by atoms with E-state index < -0.39 is 0 Å². The molecule has 6 nitrogen and oxygen atoms in total. The third-order valence-corrected chi connectivity index (χ3v) is 4.27. The molecular weight excluding hydrogens is 268 g/mol. The highest BCUT2D eigenvalue weighted by molar-refractivity contribution is 5.84. The van der Waals surface area contributed by atoms with Crippen LogP contribution in [0.5, 0.6) is 0 Å². The van der Waals surface area contributed by atoms with Gasteiger partial charge in [0, 0.05) is 38.8 Å². The van der Waals surface area contributed by atoms with E-state index in [1.165, 1.54) is 0 Å². The lowest BCUT2D eigenvalue weighted by Crippen LogP contribution is -2.48. The maximum absolute atomic E-state index is 12.7. The summed E-state index contributed by atoms with van der Waals surface area (Å²) >= 11 is 0. The Hall–Kier alpha value is -2.11. The Balaban J connectivity index is 1.66. The summed E-state index contributed by atoms with van der Waals surface area (Å²) in [6.07, 6.45) is 6.44. The van der Waals surface area contributed by atoms with Gasteiger partial charge in [-0.2, -0.15) is 0 Å². The topological polar surface area (TPSA) is 58.4 Å². The average molecular weight is 288 g/mol. The van der Waals surface area contributed by atoms with Crippen molar-refractivity contribution in [2.45, 2.75) is 25.9 Å². The van der Waals surface area contributed by atoms with E-state index in [2.05, 4.69) is 16.1 Å². The highest BCUT2D eigenvalue weighted by Gasteiger charge is 2.33. The molecule has 0 aliphatic carbocycles. The van der Waals surface area contributed by atoms with Gasteiger partial charge in [0.25, 0.3) is 0 Å². The SMILES string of the molecule is C=CCN1C[C@@H](C(=O)N2CCn3cncc3C2)CCC1=O. The molecule has 1 saturated heterocycles. The Kier molecular flexibility index (Phi) is 3.77. The van der Waals surface area contributed by atoms with E-state index in [-0.39, 0.29) is 17.7 Å². The van der Waals surface area contributed by atoms with Crippen LogP contribution in [0.2, 0.25) is 0 Å². The van der Waals surface area contributed by atoms with Gasteiger partial charge in [-0.25, -0.2) is 4.98 Å². The first-order chi connectivity index (χ1) is 10.2. The van der Waals surface area contributed by atoms with Crippen LogP contribution in [0.25, 0.3) is 0 Å². The molecule has 112 valence electrons. The summed E-state index contributed by atoms with van der Waals surface area (Å²) in [6, 6.07) is 0. The zero-order chi connectivity index (χ0) is 14.8. The molecule has 21 heavy (non-hydrogen) atoms. The lowest BCUT2D eigenvalue weighted by molar-refractivity contribution is -0.143. The molecule has 3 heterocycles. The molecule has 1 aromatic rings. The van der Waals surface area contributed by atoms with E-state index in [1.54, 1.807) is 11.0 Å². The number of carbonyl (C=O) groups excluding carboxylic acids is 2. The number of imidazole rings is 1. The van der Waals surface area contributed by atoms with Crippen LogP contribution in [0, 0.1) is 5.92 Å². The zero-order valence-electron chi connectivity index (χ0n) is 12.1. The molecule has 1 aromatic heterocycles. The first kappa shape index (κ1) is 13.9. The monoisotopic (exact) mass is 288 g/mol. The predicted octanol–water partition coefficient (Wildman–Crippen LogP) is 0.650. The summed E-state index contributed by atoms with van der Waals surface area (Å²) in [5, 5.41) is 0. The molecule has 1 fully saturated rings. The van der Waals surface area contributed by atoms with Gasteiger partial charge in [-0.1, -0.05) is 6.08 Å². The van der Waals surface area contributed by atoms with Crippen LogP contribution in [-0.4, -0.2) is 50.8 Å². The number of nitrogens with zero attached hydrogens (tertiary/aromatic N) is 4. The van der Waals surface area contributed by atoms with Crippen LogP contribution in [0.15, 0.2) is 25.2 Å². The molecule has 0 aromatic carbocycles. The average Bonchev–Trinajstić information content (AvgIpc) is 2.96. The van der Waals surface area contributed by atoms with Gasteiger partial charge in [-0.05, 0) is 6.42 Å². The lowest BCUT2D eigenvalue weighted by Gasteiger charge is -2.36. The van der Waals surface area contributed by atoms with E-state index in [4.69, 9.17) is 0 Å². The van der Waals surface area contributed by atoms with Gasteiger partial charge in [-0.15, -0.1) is 6.58 Å². The molecule has 2 aliphatic rings. The van der Waals surface area contributed by atoms with Crippen LogP contribution in [0.3, 0.4) is 0 Å². The van der Waals surface area contributed by atoms with Crippen molar-refractivity contribution < 1.29 is 9.59 Å². The minimum atomic E-state index is -0.0860. The molecule has 2 aliphatic heterocycles. The molecular formula is C15H20N4O2. The van der Waals surface area contributed by atoms with Gasteiger partial charge in [0.15, 0.2) is 0 Å². The third kappa shape index (κ3) is 2.70. The molecule has 0 N–H and O–H groups in total. The Morgan fingerprint density at radius 2 is 2.33 bits per heavy atom. The molecule has 1 atom stereocenters. The first-order valence-corrected chi connectivity index (χ1v) is 7.35. The summed E-state index contributed by atoms with van der Waals surface area (Å²) in [7, 11) is 0. The van der Waals surface area contributed by atoms with Crippen molar-refractivity contribution in [3.8, 4) is 0 Å². The summed E-state index contributed by atoms with van der Waals surface area (Å²) in [6.45, 7) is 6.83. The smallest absolute Gasteiger partial charge is 0.227 e. The second-order valence-electron chi connectivity index (χ2n) is 5.66. The normalized spacial score (nSPS) is 22.1. The second-order valence-corrected chi connectivity index (χ2v) is 5.66. The van der Waals surface area contributed by atoms with Gasteiger partial charge in [-0.3, -0.25) is 9.59 Å². The van der Waals surface area contributed by atoms with E-state index in [9.17, 15) is 9.59 Å². The number of hydrogen-bond acceptors (Lipinski definition) is 3. The number of aromatic nitrogens is 2. The maximum atomic E-state index is 12.7. The summed E-state index contributed by atoms with van der Waals surface area (Å²) < 4.78 is 2.08. The van der Waals surface area contributed by atoms with Gasteiger partial charge >= 0.3 is 0 Å². The molecule has 0 spiro atoms. The third-order valence-electron chi connectivity index (χ3n) is 4.27. The van der Waals surface area contributed by atoms with E-state index in [0.717, 1.165) is 12.2 Å². The van der Waals surface area contributed by atoms with E-state index in [1.807, 2.05) is 17.4 Å². The van der Waals surface area contributed by atoms with Crippen LogP contribution in [0.1, 0.15) is 18.5 Å². The van der Waals surface area contributed by atoms with Gasteiger partial charge < -0.3 is 14.4 Å². The number of hydrogen-bond donors (Lipinski definition) is 0. The van der Waals surface area contributed by atoms with E-state index in [0.29, 0.717) is 39.0 Å². The van der Waals surface area contributed by atoms with Gasteiger partial charge in [0.05, 0.1) is 24.5 Å². The second kappa shape index (κ2) is 5.71. The standard InChI is InChI=1S/C15H20N4O2/c1-2-5-17-9-12(3-4-14(17)20)15(21)18-6-7-19-11-16-8-13(19)10-18/h2,8,11-12H,1,3-7,9-10H2/t12-/m0/s1. The largest absolute Gasteiger partial charge is 0.338 e. The molecule has 3 rings (SSSR count). The highest BCUT2D eigenvalue weighted by atomic mass is 16.2. The maximum Gasteiger partial charge on any atom is 0.227 e. The fourth-order valence-electron chi connectivity index (χ4n) is 3.08. The van der Waals surface area contributed by atoms with Crippen LogP contribution in [0.4, 0.5) is 0 Å². The number of piperidine rings is 1. The zero-order valence-corrected chi connectivity index (χ0v) is 12.1. The van der Waals surface area contributed by atoms with Crippen LogP contribution < -0.4 is 0 Å². The Labute approximate surface area is 124 Å². The lowest BCUT2D eigenvalue weighted by atomic mass is 9.95. The molecule has 0 saturated carbocycles. The van der Waals surface area contributed by atoms with Crippen molar-refractivity contribution in [3.05, 3.63) is 30.9 Å². The Bertz CT molecular complexity index is 566. The summed E-state index contributed by atoms with van der Waals surface area (Å²) in [5.74, 6) is 0.191. The number of fused-ring (bicyclic) bond motifs is 1. The number of likely N-dealkylation sites (tertiary alicyclic amines) is 1. The number of carbonyl (C=O) groups is 2. The van der Waals surface area contributed by atoms with Crippen molar-refractivity contribution >= 4 is 11.8 Å². The minimum Gasteiger partial charge on any atom is -0.338 e. The summed E-state index contributed by atoms with van der Waals surface area (Å²) in [5.41, 5.74) is 1.07. The molecule has 2 amide bonds. The molecule has 0 bridgehead atoms. The molecule has 0 unspecified atom stereocenters. The number of rotatable bonds is 3. The molecule has 0 radical (unpaired) electrons. The quantitative estimate of drug-likeness (QED) is 0.767. The van der Waals surface area contributed by atoms with Gasteiger partial charge in [0.1, 0.15) is 0 Å². The van der Waals surface area contributed by atoms with Crippen LogP contribution >= 0.6 is 0 Å². The highest BCUT2D eigenvalue weighted by Crippen LogP contribution is 2.22. The van der Waals surface area contributed by atoms with Crippen LogP contribution in [-0.2, 0) is 22.7 Å². The van der Waals surface area contributed by atoms with Gasteiger partial charge in [0.2, 0.25) is 11.8 Å². The summed E-state index contributed by atoms with van der Waals surface area (Å²) in [4.78, 5) is 32.2. The Morgan fingerprint density at radius 1 is 1.48 bits per heavy atom. The minimum absolute atomic E-state index is 0.0860. The Morgan fingerprint density at radius 3 is 3.14 bits per heavy atom. The van der Waals surface area contributed by atoms with E-state index >= 15 is 0 Å². The van der Waals surface area contributed by atoms with Crippen molar-refractivity contribution in [1.82, 2.24) is 19.4 Å². The van der Waals surface area contributed by atoms with Crippen molar-refractivity contribution in [3.63, 3.8) is 0 Å².